The maximum Gasteiger partial charge on any atom is 0.173 e. The third-order valence-corrected chi connectivity index (χ3v) is 1.34. The molecule has 0 fully saturated rings. The number of nitrogens with zero attached hydrogens (tertiary/aromatic N) is 3. The maximum atomic E-state index is 4.14. The highest BCUT2D eigenvalue weighted by Gasteiger charge is 1.97. The van der Waals surface area contributed by atoms with Gasteiger partial charge < -0.3 is 0 Å². The number of rotatable bonds is 2. The van der Waals surface area contributed by atoms with Crippen LogP contribution < -0.4 is 0 Å². The minimum Gasteiger partial charge on any atom is -0.256 e. The second-order valence-corrected chi connectivity index (χ2v) is 2.07. The van der Waals surface area contributed by atoms with Gasteiger partial charge in [0.1, 0.15) is 0 Å². The van der Waals surface area contributed by atoms with Crippen LogP contribution in [-0.4, -0.2) is 16.2 Å². The molecule has 0 aromatic carbocycles. The van der Waals surface area contributed by atoms with Gasteiger partial charge in [-0.05, 0) is 13.3 Å². The fourth-order valence-corrected chi connectivity index (χ4v) is 0.839. The summed E-state index contributed by atoms with van der Waals surface area (Å²) in [7, 11) is 0. The summed E-state index contributed by atoms with van der Waals surface area (Å²) >= 11 is 0. The van der Waals surface area contributed by atoms with E-state index < -0.39 is 0 Å². The van der Waals surface area contributed by atoms with E-state index in [-0.39, 0.29) is 0 Å². The van der Waals surface area contributed by atoms with Crippen LogP contribution >= 0.6 is 0 Å². The minimum atomic E-state index is 0.734. The average molecular weight is 149 g/mol. The average Bonchev–Trinajstić information content (AvgIpc) is 2.06. The predicted molar refractivity (Wildman–Crippen MR) is 45.2 cm³/mol. The Morgan fingerprint density at radius 3 is 2.82 bits per heavy atom. The van der Waals surface area contributed by atoms with E-state index in [4.69, 9.17) is 0 Å². The van der Waals surface area contributed by atoms with E-state index in [1.807, 2.05) is 13.8 Å². The Kier molecular flexibility index (Phi) is 2.72. The second-order valence-electron chi connectivity index (χ2n) is 2.07. The Balaban J connectivity index is 3.02. The standard InChI is InChI=1S/C8H11N3/c1-3-7-8(9-4-2)11-6-5-10-7/h4-6H,3H2,1-2H3. The first kappa shape index (κ1) is 7.85. The molecule has 3 nitrogen and oxygen atoms in total. The number of hydrogen-bond acceptors (Lipinski definition) is 3. The minimum absolute atomic E-state index is 0.734. The van der Waals surface area contributed by atoms with Crippen molar-refractivity contribution in [2.45, 2.75) is 20.3 Å². The van der Waals surface area contributed by atoms with Gasteiger partial charge in [0.15, 0.2) is 5.82 Å². The van der Waals surface area contributed by atoms with E-state index in [9.17, 15) is 0 Å². The SMILES string of the molecule is CC=Nc1nccnc1CC. The van der Waals surface area contributed by atoms with Gasteiger partial charge in [-0.15, -0.1) is 0 Å². The zero-order valence-electron chi connectivity index (χ0n) is 6.78. The maximum absolute atomic E-state index is 4.14. The van der Waals surface area contributed by atoms with Crippen LogP contribution in [0.15, 0.2) is 17.4 Å². The smallest absolute Gasteiger partial charge is 0.173 e. The molecule has 1 rings (SSSR count). The van der Waals surface area contributed by atoms with Crippen LogP contribution in [0.4, 0.5) is 5.82 Å². The molecule has 0 radical (unpaired) electrons. The third kappa shape index (κ3) is 1.83. The van der Waals surface area contributed by atoms with E-state index >= 15 is 0 Å². The number of aliphatic imine (C=N–C) groups is 1. The highest BCUT2D eigenvalue weighted by Crippen LogP contribution is 2.11. The lowest BCUT2D eigenvalue weighted by Crippen LogP contribution is -1.88. The van der Waals surface area contributed by atoms with Gasteiger partial charge in [-0.1, -0.05) is 6.92 Å². The van der Waals surface area contributed by atoms with Crippen LogP contribution in [0.3, 0.4) is 0 Å². The first-order valence-corrected chi connectivity index (χ1v) is 3.67. The fraction of sp³-hybridized carbons (Fsp3) is 0.375. The Bertz CT molecular complexity index is 255. The molecule has 0 aliphatic heterocycles. The van der Waals surface area contributed by atoms with E-state index in [1.54, 1.807) is 18.6 Å². The van der Waals surface area contributed by atoms with Gasteiger partial charge in [-0.2, -0.15) is 0 Å². The van der Waals surface area contributed by atoms with Gasteiger partial charge in [0, 0.05) is 18.6 Å². The van der Waals surface area contributed by atoms with Crippen molar-refractivity contribution in [2.75, 3.05) is 0 Å². The second kappa shape index (κ2) is 3.81. The molecule has 3 heteroatoms. The number of hydrogen-bond donors (Lipinski definition) is 0. The molecule has 0 aliphatic rings. The Morgan fingerprint density at radius 2 is 2.18 bits per heavy atom. The van der Waals surface area contributed by atoms with Gasteiger partial charge in [0.05, 0.1) is 5.69 Å². The molecule has 0 N–H and O–H groups in total. The Labute approximate surface area is 66.2 Å². The molecule has 58 valence electrons. The zero-order valence-corrected chi connectivity index (χ0v) is 6.78. The first-order valence-electron chi connectivity index (χ1n) is 3.67. The van der Waals surface area contributed by atoms with Crippen LogP contribution in [0.5, 0.6) is 0 Å². The molecular formula is C8H11N3. The van der Waals surface area contributed by atoms with Crippen molar-refractivity contribution in [3.63, 3.8) is 0 Å². The van der Waals surface area contributed by atoms with Crippen molar-refractivity contribution in [2.24, 2.45) is 4.99 Å². The molecule has 11 heavy (non-hydrogen) atoms. The van der Waals surface area contributed by atoms with Crippen molar-refractivity contribution in [3.05, 3.63) is 18.1 Å². The van der Waals surface area contributed by atoms with Gasteiger partial charge in [-0.25, -0.2) is 9.98 Å². The van der Waals surface area contributed by atoms with Crippen molar-refractivity contribution in [1.82, 2.24) is 9.97 Å². The van der Waals surface area contributed by atoms with Gasteiger partial charge in [0.2, 0.25) is 0 Å². The normalized spacial score (nSPS) is 10.7. The topological polar surface area (TPSA) is 38.1 Å². The third-order valence-electron chi connectivity index (χ3n) is 1.34. The van der Waals surface area contributed by atoms with Crippen molar-refractivity contribution in [1.29, 1.82) is 0 Å². The lowest BCUT2D eigenvalue weighted by Gasteiger charge is -1.97. The number of aryl methyl sites for hydroxylation is 1. The first-order chi connectivity index (χ1) is 5.38. The van der Waals surface area contributed by atoms with Crippen molar-refractivity contribution < 1.29 is 0 Å². The van der Waals surface area contributed by atoms with Crippen LogP contribution in [0.1, 0.15) is 19.5 Å². The Morgan fingerprint density at radius 1 is 1.45 bits per heavy atom. The number of aromatic nitrogens is 2. The summed E-state index contributed by atoms with van der Waals surface area (Å²) in [5, 5.41) is 0. The van der Waals surface area contributed by atoms with Crippen LogP contribution in [0, 0.1) is 0 Å². The summed E-state index contributed by atoms with van der Waals surface area (Å²) in [6, 6.07) is 0. The zero-order chi connectivity index (χ0) is 8.10. The van der Waals surface area contributed by atoms with Crippen LogP contribution in [0.25, 0.3) is 0 Å². The van der Waals surface area contributed by atoms with E-state index in [0.717, 1.165) is 17.9 Å². The molecule has 0 bridgehead atoms. The largest absolute Gasteiger partial charge is 0.256 e. The molecule has 0 saturated carbocycles. The highest BCUT2D eigenvalue weighted by atomic mass is 14.9. The van der Waals surface area contributed by atoms with E-state index in [0.29, 0.717) is 0 Å². The summed E-state index contributed by atoms with van der Waals surface area (Å²) in [4.78, 5) is 12.3. The summed E-state index contributed by atoms with van der Waals surface area (Å²) < 4.78 is 0. The molecule has 1 aromatic rings. The quantitative estimate of drug-likeness (QED) is 0.601. The lowest BCUT2D eigenvalue weighted by molar-refractivity contribution is 0.996. The molecule has 0 atom stereocenters. The lowest BCUT2D eigenvalue weighted by atomic mass is 10.3. The molecular weight excluding hydrogens is 138 g/mol. The van der Waals surface area contributed by atoms with Gasteiger partial charge in [0.25, 0.3) is 0 Å². The Hall–Kier alpha value is -1.25. The molecule has 0 saturated heterocycles. The molecule has 0 aliphatic carbocycles. The predicted octanol–water partition coefficient (Wildman–Crippen LogP) is 1.76. The molecule has 0 unspecified atom stereocenters. The van der Waals surface area contributed by atoms with Crippen LogP contribution in [-0.2, 0) is 6.42 Å². The highest BCUT2D eigenvalue weighted by molar-refractivity contribution is 5.59. The fourth-order valence-electron chi connectivity index (χ4n) is 0.839. The summed E-state index contributed by atoms with van der Waals surface area (Å²) in [6.45, 7) is 3.91. The van der Waals surface area contributed by atoms with Crippen molar-refractivity contribution >= 4 is 12.0 Å². The molecule has 0 spiro atoms. The summed E-state index contributed by atoms with van der Waals surface area (Å²) in [5.74, 6) is 0.734. The van der Waals surface area contributed by atoms with Crippen molar-refractivity contribution in [3.8, 4) is 0 Å². The van der Waals surface area contributed by atoms with Crippen LogP contribution in [0.2, 0.25) is 0 Å². The van der Waals surface area contributed by atoms with Gasteiger partial charge in [-0.3, -0.25) is 4.98 Å². The summed E-state index contributed by atoms with van der Waals surface area (Å²) in [6.07, 6.45) is 5.94. The van der Waals surface area contributed by atoms with E-state index in [1.165, 1.54) is 0 Å². The van der Waals surface area contributed by atoms with E-state index in [2.05, 4.69) is 15.0 Å². The summed E-state index contributed by atoms with van der Waals surface area (Å²) in [5.41, 5.74) is 0.950. The monoisotopic (exact) mass is 149 g/mol. The molecule has 0 amide bonds. The van der Waals surface area contributed by atoms with Gasteiger partial charge >= 0.3 is 0 Å². The molecule has 1 aromatic heterocycles. The molecule has 1 heterocycles.